The summed E-state index contributed by atoms with van der Waals surface area (Å²) in [6.45, 7) is 11.7. The van der Waals surface area contributed by atoms with Crippen molar-refractivity contribution in [3.05, 3.63) is 35.4 Å². The van der Waals surface area contributed by atoms with Gasteiger partial charge in [0.1, 0.15) is 28.3 Å². The average Bonchev–Trinajstić information content (AvgIpc) is 3.02. The van der Waals surface area contributed by atoms with Crippen LogP contribution in [0.3, 0.4) is 0 Å². The zero-order valence-electron chi connectivity index (χ0n) is 15.5. The molecule has 7 heteroatoms. The van der Waals surface area contributed by atoms with Gasteiger partial charge in [0.05, 0.1) is 11.2 Å². The van der Waals surface area contributed by atoms with Gasteiger partial charge in [-0.2, -0.15) is 0 Å². The molecule has 1 atom stereocenters. The van der Waals surface area contributed by atoms with E-state index in [4.69, 9.17) is 4.98 Å². The first-order valence-electron chi connectivity index (χ1n) is 8.33. The number of fused-ring (bicyclic) bond motifs is 3. The van der Waals surface area contributed by atoms with Crippen LogP contribution < -0.4 is 0 Å². The number of benzene rings is 1. The molecule has 0 amide bonds. The van der Waals surface area contributed by atoms with E-state index in [0.717, 1.165) is 45.6 Å². The van der Waals surface area contributed by atoms with Gasteiger partial charge >= 0.3 is 0 Å². The van der Waals surface area contributed by atoms with Crippen LogP contribution in [0.25, 0.3) is 16.6 Å². The maximum absolute atomic E-state index is 12.4. The standard InChI is InChI=1S/C18H23N5OS/c1-7-15-20-16-13(12(3)22-25(24)18(4,5)6)8-11(2)9-14(16)17-21-19-10-23(15)17/h8-10H,7H2,1-6H3. The summed E-state index contributed by atoms with van der Waals surface area (Å²) in [7, 11) is 0. The van der Waals surface area contributed by atoms with Crippen molar-refractivity contribution < 1.29 is 4.55 Å². The van der Waals surface area contributed by atoms with Crippen LogP contribution in [0, 0.1) is 6.92 Å². The zero-order valence-corrected chi connectivity index (χ0v) is 16.3. The summed E-state index contributed by atoms with van der Waals surface area (Å²) in [5.41, 5.74) is 4.31. The van der Waals surface area contributed by atoms with E-state index in [1.807, 2.05) is 45.1 Å². The molecule has 0 radical (unpaired) electrons. The summed E-state index contributed by atoms with van der Waals surface area (Å²) in [5, 5.41) is 9.24. The second-order valence-corrected chi connectivity index (χ2v) is 9.06. The molecule has 6 nitrogen and oxygen atoms in total. The Morgan fingerprint density at radius 3 is 2.68 bits per heavy atom. The van der Waals surface area contributed by atoms with E-state index >= 15 is 0 Å². The van der Waals surface area contributed by atoms with Crippen LogP contribution in [0.15, 0.2) is 22.9 Å². The minimum Gasteiger partial charge on any atom is -0.591 e. The van der Waals surface area contributed by atoms with Gasteiger partial charge in [0.25, 0.3) is 0 Å². The fourth-order valence-corrected chi connectivity index (χ4v) is 3.32. The van der Waals surface area contributed by atoms with Gasteiger partial charge in [-0.15, -0.1) is 10.2 Å². The third kappa shape index (κ3) is 3.26. The molecule has 3 rings (SSSR count). The lowest BCUT2D eigenvalue weighted by Gasteiger charge is -2.19. The minimum atomic E-state index is -1.32. The van der Waals surface area contributed by atoms with Crippen LogP contribution in [0.4, 0.5) is 0 Å². The Morgan fingerprint density at radius 2 is 2.04 bits per heavy atom. The van der Waals surface area contributed by atoms with Crippen LogP contribution in [-0.2, 0) is 17.8 Å². The Balaban J connectivity index is 2.30. The van der Waals surface area contributed by atoms with Gasteiger partial charge in [-0.3, -0.25) is 4.40 Å². The molecule has 1 unspecified atom stereocenters. The van der Waals surface area contributed by atoms with Gasteiger partial charge in [0.15, 0.2) is 5.65 Å². The van der Waals surface area contributed by atoms with Crippen molar-refractivity contribution in [3.63, 3.8) is 0 Å². The molecule has 0 N–H and O–H groups in total. The lowest BCUT2D eigenvalue weighted by molar-refractivity contribution is 0.561. The van der Waals surface area contributed by atoms with E-state index in [2.05, 4.69) is 27.6 Å². The molecule has 25 heavy (non-hydrogen) atoms. The molecule has 0 saturated carbocycles. The summed E-state index contributed by atoms with van der Waals surface area (Å²) in [6.07, 6.45) is 2.46. The van der Waals surface area contributed by atoms with Crippen molar-refractivity contribution in [2.45, 2.75) is 52.7 Å². The molecule has 2 aromatic heterocycles. The lowest BCUT2D eigenvalue weighted by atomic mass is 10.0. The van der Waals surface area contributed by atoms with Crippen molar-refractivity contribution in [1.82, 2.24) is 19.6 Å². The number of aromatic nitrogens is 4. The van der Waals surface area contributed by atoms with E-state index in [0.29, 0.717) is 0 Å². The third-order valence-corrected chi connectivity index (χ3v) is 5.50. The highest BCUT2D eigenvalue weighted by Crippen LogP contribution is 2.26. The molecular formula is C18H23N5OS. The SMILES string of the molecule is CCc1nc2c(C(C)=N[S+]([O-])C(C)(C)C)cc(C)cc2c2nncn12. The predicted octanol–water partition coefficient (Wildman–Crippen LogP) is 3.42. The molecule has 0 fully saturated rings. The van der Waals surface area contributed by atoms with Gasteiger partial charge in [-0.05, 0) is 52.3 Å². The molecule has 2 heterocycles. The quantitative estimate of drug-likeness (QED) is 0.531. The normalized spacial score (nSPS) is 14.4. The van der Waals surface area contributed by atoms with Crippen LogP contribution >= 0.6 is 0 Å². The first kappa shape index (κ1) is 17.8. The lowest BCUT2D eigenvalue weighted by Crippen LogP contribution is -2.26. The highest BCUT2D eigenvalue weighted by Gasteiger charge is 2.27. The highest BCUT2D eigenvalue weighted by atomic mass is 32.2. The summed E-state index contributed by atoms with van der Waals surface area (Å²) in [4.78, 5) is 4.83. The molecule has 0 aliphatic rings. The van der Waals surface area contributed by atoms with E-state index in [9.17, 15) is 4.55 Å². The number of nitrogens with zero attached hydrogens (tertiary/aromatic N) is 5. The van der Waals surface area contributed by atoms with Gasteiger partial charge in [-0.1, -0.05) is 11.3 Å². The average molecular weight is 357 g/mol. The van der Waals surface area contributed by atoms with Crippen molar-refractivity contribution in [2.75, 3.05) is 0 Å². The van der Waals surface area contributed by atoms with Crippen molar-refractivity contribution in [3.8, 4) is 0 Å². The Labute approximate surface area is 150 Å². The molecule has 0 saturated heterocycles. The molecule has 132 valence electrons. The zero-order chi connectivity index (χ0) is 18.4. The number of rotatable bonds is 3. The minimum absolute atomic E-state index is 0.400. The highest BCUT2D eigenvalue weighted by molar-refractivity contribution is 7.91. The van der Waals surface area contributed by atoms with E-state index in [1.54, 1.807) is 6.33 Å². The maximum atomic E-state index is 12.4. The van der Waals surface area contributed by atoms with E-state index in [-0.39, 0.29) is 0 Å². The Bertz CT molecular complexity index is 971. The fourth-order valence-electron chi connectivity index (χ4n) is 2.70. The smallest absolute Gasteiger partial charge is 0.171 e. The number of hydrogen-bond acceptors (Lipinski definition) is 5. The summed E-state index contributed by atoms with van der Waals surface area (Å²) < 4.78 is 18.4. The van der Waals surface area contributed by atoms with Crippen LogP contribution in [0.5, 0.6) is 0 Å². The number of aryl methyl sites for hydroxylation is 2. The monoisotopic (exact) mass is 357 g/mol. The molecule has 0 aliphatic heterocycles. The maximum Gasteiger partial charge on any atom is 0.171 e. The summed E-state index contributed by atoms with van der Waals surface area (Å²) in [5.74, 6) is 0.891. The van der Waals surface area contributed by atoms with Gasteiger partial charge in [-0.25, -0.2) is 4.98 Å². The van der Waals surface area contributed by atoms with E-state index in [1.165, 1.54) is 0 Å². The molecular weight excluding hydrogens is 334 g/mol. The van der Waals surface area contributed by atoms with Crippen LogP contribution in [0.2, 0.25) is 0 Å². The number of hydrogen-bond donors (Lipinski definition) is 0. The Hall–Kier alpha value is -1.99. The molecule has 0 aliphatic carbocycles. The van der Waals surface area contributed by atoms with Crippen molar-refractivity contribution >= 4 is 33.6 Å². The van der Waals surface area contributed by atoms with Crippen molar-refractivity contribution in [1.29, 1.82) is 0 Å². The van der Waals surface area contributed by atoms with Gasteiger partial charge < -0.3 is 4.55 Å². The van der Waals surface area contributed by atoms with E-state index < -0.39 is 16.1 Å². The van der Waals surface area contributed by atoms with Crippen LogP contribution in [-0.4, -0.2) is 34.6 Å². The summed E-state index contributed by atoms with van der Waals surface area (Å²) in [6, 6.07) is 4.10. The van der Waals surface area contributed by atoms with Crippen LogP contribution in [0.1, 0.15) is 51.6 Å². The second kappa shape index (κ2) is 6.38. The second-order valence-electron chi connectivity index (χ2n) is 7.15. The molecule has 3 aromatic rings. The van der Waals surface area contributed by atoms with Gasteiger partial charge in [0.2, 0.25) is 0 Å². The Morgan fingerprint density at radius 1 is 1.32 bits per heavy atom. The summed E-state index contributed by atoms with van der Waals surface area (Å²) >= 11 is -1.32. The predicted molar refractivity (Wildman–Crippen MR) is 103 cm³/mol. The van der Waals surface area contributed by atoms with Crippen molar-refractivity contribution in [2.24, 2.45) is 4.40 Å². The first-order chi connectivity index (χ1) is 11.7. The Kier molecular flexibility index (Phi) is 4.55. The van der Waals surface area contributed by atoms with Gasteiger partial charge in [0, 0.05) is 17.4 Å². The first-order valence-corrected chi connectivity index (χ1v) is 9.43. The third-order valence-electron chi connectivity index (χ3n) is 4.01. The topological polar surface area (TPSA) is 78.5 Å². The molecule has 0 bridgehead atoms. The largest absolute Gasteiger partial charge is 0.591 e. The molecule has 0 spiro atoms. The fraction of sp³-hybridized carbons (Fsp3) is 0.444. The molecule has 1 aromatic carbocycles.